The predicted molar refractivity (Wildman–Crippen MR) is 87.4 cm³/mol. The highest BCUT2D eigenvalue weighted by atomic mass is 32.1. The maximum absolute atomic E-state index is 4.59. The van der Waals surface area contributed by atoms with Gasteiger partial charge >= 0.3 is 0 Å². The van der Waals surface area contributed by atoms with Gasteiger partial charge in [0.15, 0.2) is 0 Å². The standard InChI is InChI=1S/C16H29N3S/c1-11-15(20-13(3)18-11)12(2)19-9-7-8-17-14(10-19)16(4,5)6/h12,14,17H,7-10H2,1-6H3. The molecule has 20 heavy (non-hydrogen) atoms. The maximum Gasteiger partial charge on any atom is 0.0900 e. The molecule has 0 amide bonds. The molecule has 3 nitrogen and oxygen atoms in total. The summed E-state index contributed by atoms with van der Waals surface area (Å²) in [5.74, 6) is 0. The lowest BCUT2D eigenvalue weighted by atomic mass is 9.86. The lowest BCUT2D eigenvalue weighted by Gasteiger charge is -2.36. The van der Waals surface area contributed by atoms with Crippen molar-refractivity contribution in [2.45, 2.75) is 60.0 Å². The molecule has 1 saturated heterocycles. The molecule has 4 heteroatoms. The average molecular weight is 295 g/mol. The SMILES string of the molecule is Cc1nc(C)c(C(C)N2CCCNC(C(C)(C)C)C2)s1. The Morgan fingerprint density at radius 3 is 2.60 bits per heavy atom. The van der Waals surface area contributed by atoms with Crippen LogP contribution in [0.4, 0.5) is 0 Å². The number of hydrogen-bond donors (Lipinski definition) is 1. The van der Waals surface area contributed by atoms with Gasteiger partial charge < -0.3 is 5.32 Å². The Labute approximate surface area is 127 Å². The van der Waals surface area contributed by atoms with Crippen LogP contribution >= 0.6 is 11.3 Å². The Morgan fingerprint density at radius 1 is 1.35 bits per heavy atom. The van der Waals surface area contributed by atoms with Crippen LogP contribution in [0.1, 0.15) is 55.7 Å². The molecular weight excluding hydrogens is 266 g/mol. The van der Waals surface area contributed by atoms with Gasteiger partial charge in [0.1, 0.15) is 0 Å². The van der Waals surface area contributed by atoms with Gasteiger partial charge in [0.2, 0.25) is 0 Å². The first-order valence-corrected chi connectivity index (χ1v) is 8.52. The molecule has 1 aliphatic heterocycles. The maximum atomic E-state index is 4.59. The lowest BCUT2D eigenvalue weighted by Crippen LogP contribution is -2.46. The fraction of sp³-hybridized carbons (Fsp3) is 0.812. The number of hydrogen-bond acceptors (Lipinski definition) is 4. The summed E-state index contributed by atoms with van der Waals surface area (Å²) in [7, 11) is 0. The van der Waals surface area contributed by atoms with Crippen molar-refractivity contribution in [3.8, 4) is 0 Å². The number of rotatable bonds is 2. The van der Waals surface area contributed by atoms with E-state index in [9.17, 15) is 0 Å². The van der Waals surface area contributed by atoms with E-state index in [1.165, 1.54) is 28.5 Å². The fourth-order valence-electron chi connectivity index (χ4n) is 2.98. The van der Waals surface area contributed by atoms with E-state index in [0.29, 0.717) is 17.5 Å². The Hall–Kier alpha value is -0.450. The third-order valence-electron chi connectivity index (χ3n) is 4.34. The number of nitrogens with one attached hydrogen (secondary N) is 1. The minimum absolute atomic E-state index is 0.307. The third kappa shape index (κ3) is 3.60. The predicted octanol–water partition coefficient (Wildman–Crippen LogP) is 3.53. The van der Waals surface area contributed by atoms with Crippen LogP contribution in [0.5, 0.6) is 0 Å². The summed E-state index contributed by atoms with van der Waals surface area (Å²) in [5.41, 5.74) is 1.52. The van der Waals surface area contributed by atoms with E-state index in [-0.39, 0.29) is 0 Å². The van der Waals surface area contributed by atoms with Gasteiger partial charge in [0.25, 0.3) is 0 Å². The molecule has 1 aliphatic rings. The lowest BCUT2D eigenvalue weighted by molar-refractivity contribution is 0.163. The topological polar surface area (TPSA) is 28.2 Å². The Morgan fingerprint density at radius 2 is 2.05 bits per heavy atom. The summed E-state index contributed by atoms with van der Waals surface area (Å²) in [6.45, 7) is 17.0. The van der Waals surface area contributed by atoms with Crippen molar-refractivity contribution in [1.82, 2.24) is 15.2 Å². The molecule has 0 aliphatic carbocycles. The summed E-state index contributed by atoms with van der Waals surface area (Å²) in [5, 5.41) is 4.91. The van der Waals surface area contributed by atoms with Crippen LogP contribution in [0.2, 0.25) is 0 Å². The van der Waals surface area contributed by atoms with Gasteiger partial charge in [-0.15, -0.1) is 11.3 Å². The molecule has 114 valence electrons. The molecule has 2 rings (SSSR count). The molecule has 0 aromatic carbocycles. The molecular formula is C16H29N3S. The van der Waals surface area contributed by atoms with Gasteiger partial charge in [-0.3, -0.25) is 4.90 Å². The Balaban J connectivity index is 2.16. The van der Waals surface area contributed by atoms with E-state index >= 15 is 0 Å². The van der Waals surface area contributed by atoms with E-state index in [2.05, 4.69) is 56.7 Å². The summed E-state index contributed by atoms with van der Waals surface area (Å²) < 4.78 is 0. The second-order valence-electron chi connectivity index (χ2n) is 7.08. The summed E-state index contributed by atoms with van der Waals surface area (Å²) >= 11 is 1.86. The second-order valence-corrected chi connectivity index (χ2v) is 8.31. The van der Waals surface area contributed by atoms with Crippen LogP contribution in [0.15, 0.2) is 0 Å². The molecule has 1 aromatic rings. The first-order chi connectivity index (χ1) is 9.29. The van der Waals surface area contributed by atoms with E-state index in [4.69, 9.17) is 0 Å². The van der Waals surface area contributed by atoms with Gasteiger partial charge in [-0.05, 0) is 39.2 Å². The van der Waals surface area contributed by atoms with Crippen LogP contribution in [0.25, 0.3) is 0 Å². The zero-order valence-corrected chi connectivity index (χ0v) is 14.6. The monoisotopic (exact) mass is 295 g/mol. The van der Waals surface area contributed by atoms with Crippen LogP contribution in [0.3, 0.4) is 0 Å². The van der Waals surface area contributed by atoms with Crippen LogP contribution < -0.4 is 5.32 Å². The van der Waals surface area contributed by atoms with E-state index in [1.807, 2.05) is 11.3 Å². The molecule has 0 bridgehead atoms. The second kappa shape index (κ2) is 6.12. The van der Waals surface area contributed by atoms with E-state index < -0.39 is 0 Å². The Bertz CT molecular complexity index is 447. The van der Waals surface area contributed by atoms with Crippen molar-refractivity contribution in [2.24, 2.45) is 5.41 Å². The van der Waals surface area contributed by atoms with Crippen molar-refractivity contribution < 1.29 is 0 Å². The smallest absolute Gasteiger partial charge is 0.0900 e. The fourth-order valence-corrected chi connectivity index (χ4v) is 3.99. The normalized spacial score (nSPS) is 23.6. The minimum Gasteiger partial charge on any atom is -0.312 e. The highest BCUT2D eigenvalue weighted by Crippen LogP contribution is 2.31. The number of thiazole rings is 1. The van der Waals surface area contributed by atoms with Crippen molar-refractivity contribution in [3.63, 3.8) is 0 Å². The summed E-state index contributed by atoms with van der Waals surface area (Å²) in [6.07, 6.45) is 1.23. The number of aromatic nitrogens is 1. The van der Waals surface area contributed by atoms with Crippen molar-refractivity contribution in [2.75, 3.05) is 19.6 Å². The van der Waals surface area contributed by atoms with Crippen molar-refractivity contribution in [1.29, 1.82) is 0 Å². The van der Waals surface area contributed by atoms with Gasteiger partial charge in [0, 0.05) is 30.1 Å². The number of nitrogens with zero attached hydrogens (tertiary/aromatic N) is 2. The van der Waals surface area contributed by atoms with Crippen LogP contribution in [0, 0.1) is 19.3 Å². The van der Waals surface area contributed by atoms with Gasteiger partial charge in [-0.25, -0.2) is 4.98 Å². The molecule has 0 radical (unpaired) electrons. The van der Waals surface area contributed by atoms with Gasteiger partial charge in [-0.2, -0.15) is 0 Å². The zero-order chi connectivity index (χ0) is 14.9. The first-order valence-electron chi connectivity index (χ1n) is 7.70. The minimum atomic E-state index is 0.307. The summed E-state index contributed by atoms with van der Waals surface area (Å²) in [6, 6.07) is 1.03. The quantitative estimate of drug-likeness (QED) is 0.904. The first kappa shape index (κ1) is 15.9. The Kier molecular flexibility index (Phi) is 4.88. The molecule has 1 fully saturated rings. The number of aryl methyl sites for hydroxylation is 2. The van der Waals surface area contributed by atoms with Gasteiger partial charge in [-0.1, -0.05) is 20.8 Å². The van der Waals surface area contributed by atoms with Crippen molar-refractivity contribution in [3.05, 3.63) is 15.6 Å². The highest BCUT2D eigenvalue weighted by molar-refractivity contribution is 7.11. The molecule has 2 atom stereocenters. The molecule has 1 aromatic heterocycles. The third-order valence-corrected chi connectivity index (χ3v) is 5.59. The molecule has 2 heterocycles. The van der Waals surface area contributed by atoms with Crippen LogP contribution in [-0.2, 0) is 0 Å². The van der Waals surface area contributed by atoms with Gasteiger partial charge in [0.05, 0.1) is 10.7 Å². The average Bonchev–Trinajstić information content (AvgIpc) is 2.56. The molecule has 1 N–H and O–H groups in total. The van der Waals surface area contributed by atoms with E-state index in [1.54, 1.807) is 0 Å². The largest absolute Gasteiger partial charge is 0.312 e. The molecule has 0 spiro atoms. The van der Waals surface area contributed by atoms with Crippen molar-refractivity contribution >= 4 is 11.3 Å². The van der Waals surface area contributed by atoms with E-state index in [0.717, 1.165) is 13.1 Å². The van der Waals surface area contributed by atoms with Crippen LogP contribution in [-0.4, -0.2) is 35.6 Å². The zero-order valence-electron chi connectivity index (χ0n) is 13.8. The molecule has 2 unspecified atom stereocenters. The highest BCUT2D eigenvalue weighted by Gasteiger charge is 2.31. The molecule has 0 saturated carbocycles. The summed E-state index contributed by atoms with van der Waals surface area (Å²) in [4.78, 5) is 8.67.